The molecular formula is C19H26N6O2. The SMILES string of the molecule is CN1CCCC[C@@H]1c1nnc2n1CCN(C(=O)c1cc(C3CC3)on1)CC2. The molecule has 27 heavy (non-hydrogen) atoms. The maximum absolute atomic E-state index is 12.9. The zero-order chi connectivity index (χ0) is 18.4. The van der Waals surface area contributed by atoms with Crippen molar-refractivity contribution in [1.29, 1.82) is 0 Å². The number of rotatable bonds is 3. The van der Waals surface area contributed by atoms with Crippen LogP contribution in [0.5, 0.6) is 0 Å². The van der Waals surface area contributed by atoms with Crippen molar-refractivity contribution in [2.45, 2.75) is 57.0 Å². The Hall–Kier alpha value is -2.22. The summed E-state index contributed by atoms with van der Waals surface area (Å²) >= 11 is 0. The fourth-order valence-corrected chi connectivity index (χ4v) is 4.31. The van der Waals surface area contributed by atoms with Gasteiger partial charge in [-0.1, -0.05) is 11.6 Å². The number of amides is 1. The Morgan fingerprint density at radius 3 is 2.81 bits per heavy atom. The molecule has 8 heteroatoms. The van der Waals surface area contributed by atoms with Gasteiger partial charge in [-0.15, -0.1) is 10.2 Å². The second-order valence-corrected chi connectivity index (χ2v) is 8.05. The standard InChI is InChI=1S/C19H26N6O2/c1-23-8-3-2-4-15(23)18-21-20-17-7-9-24(10-11-25(17)18)19(26)14-12-16(27-22-14)13-5-6-13/h12-13,15H,2-11H2,1H3/t15-/m1/s1. The molecule has 4 heterocycles. The molecule has 0 bridgehead atoms. The number of fused-ring (bicyclic) bond motifs is 1. The lowest BCUT2D eigenvalue weighted by Gasteiger charge is -2.31. The van der Waals surface area contributed by atoms with Crippen LogP contribution in [0.2, 0.25) is 0 Å². The van der Waals surface area contributed by atoms with Crippen LogP contribution in [0.15, 0.2) is 10.6 Å². The molecule has 2 aliphatic heterocycles. The van der Waals surface area contributed by atoms with E-state index in [-0.39, 0.29) is 5.91 Å². The van der Waals surface area contributed by atoms with Crippen molar-refractivity contribution < 1.29 is 9.32 Å². The number of carbonyl (C=O) groups excluding carboxylic acids is 1. The molecule has 1 saturated heterocycles. The van der Waals surface area contributed by atoms with Crippen LogP contribution in [0.4, 0.5) is 0 Å². The summed E-state index contributed by atoms with van der Waals surface area (Å²) in [6, 6.07) is 2.16. The van der Waals surface area contributed by atoms with Gasteiger partial charge in [0.25, 0.3) is 5.91 Å². The van der Waals surface area contributed by atoms with E-state index in [9.17, 15) is 4.79 Å². The zero-order valence-electron chi connectivity index (χ0n) is 15.8. The van der Waals surface area contributed by atoms with E-state index in [4.69, 9.17) is 4.52 Å². The molecule has 1 amide bonds. The van der Waals surface area contributed by atoms with Gasteiger partial charge >= 0.3 is 0 Å². The second kappa shape index (κ2) is 6.74. The minimum absolute atomic E-state index is 0.0410. The highest BCUT2D eigenvalue weighted by molar-refractivity contribution is 5.92. The van der Waals surface area contributed by atoms with E-state index < -0.39 is 0 Å². The molecular weight excluding hydrogens is 344 g/mol. The van der Waals surface area contributed by atoms with Crippen molar-refractivity contribution in [2.75, 3.05) is 26.7 Å². The van der Waals surface area contributed by atoms with E-state index in [2.05, 4.69) is 31.9 Å². The van der Waals surface area contributed by atoms with Gasteiger partial charge in [-0.05, 0) is 39.3 Å². The molecule has 2 fully saturated rings. The summed E-state index contributed by atoms with van der Waals surface area (Å²) < 4.78 is 7.59. The normalized spacial score (nSPS) is 23.9. The molecule has 0 radical (unpaired) electrons. The molecule has 144 valence electrons. The third kappa shape index (κ3) is 3.16. The van der Waals surface area contributed by atoms with Gasteiger partial charge in [-0.25, -0.2) is 0 Å². The van der Waals surface area contributed by atoms with E-state index >= 15 is 0 Å². The predicted octanol–water partition coefficient (Wildman–Crippen LogP) is 2.00. The topological polar surface area (TPSA) is 80.3 Å². The van der Waals surface area contributed by atoms with E-state index in [1.165, 1.54) is 12.8 Å². The van der Waals surface area contributed by atoms with Gasteiger partial charge in [0.2, 0.25) is 0 Å². The van der Waals surface area contributed by atoms with Crippen molar-refractivity contribution in [3.05, 3.63) is 29.2 Å². The molecule has 1 aliphatic carbocycles. The average molecular weight is 370 g/mol. The van der Waals surface area contributed by atoms with Gasteiger partial charge in [-0.3, -0.25) is 9.69 Å². The van der Waals surface area contributed by atoms with Crippen molar-refractivity contribution in [3.8, 4) is 0 Å². The highest BCUT2D eigenvalue weighted by Gasteiger charge is 2.32. The first-order valence-corrected chi connectivity index (χ1v) is 10.1. The smallest absolute Gasteiger partial charge is 0.276 e. The van der Waals surface area contributed by atoms with Crippen LogP contribution < -0.4 is 0 Å². The minimum atomic E-state index is -0.0410. The van der Waals surface area contributed by atoms with Crippen LogP contribution in [0.3, 0.4) is 0 Å². The number of hydrogen-bond donors (Lipinski definition) is 0. The number of nitrogens with zero attached hydrogens (tertiary/aromatic N) is 6. The van der Waals surface area contributed by atoms with Crippen LogP contribution in [0.25, 0.3) is 0 Å². The highest BCUT2D eigenvalue weighted by atomic mass is 16.5. The summed E-state index contributed by atoms with van der Waals surface area (Å²) in [4.78, 5) is 17.1. The number of likely N-dealkylation sites (tertiary alicyclic amines) is 1. The minimum Gasteiger partial charge on any atom is -0.360 e. The molecule has 1 atom stereocenters. The third-order valence-electron chi connectivity index (χ3n) is 6.14. The number of piperidine rings is 1. The van der Waals surface area contributed by atoms with E-state index in [0.29, 0.717) is 30.7 Å². The van der Waals surface area contributed by atoms with Crippen LogP contribution in [0.1, 0.15) is 72.0 Å². The summed E-state index contributed by atoms with van der Waals surface area (Å²) in [6.45, 7) is 3.13. The molecule has 8 nitrogen and oxygen atoms in total. The van der Waals surface area contributed by atoms with Gasteiger partial charge < -0.3 is 14.0 Å². The fraction of sp³-hybridized carbons (Fsp3) is 0.684. The van der Waals surface area contributed by atoms with Crippen molar-refractivity contribution in [3.63, 3.8) is 0 Å². The number of aromatic nitrogens is 4. The summed E-state index contributed by atoms with van der Waals surface area (Å²) in [7, 11) is 2.17. The lowest BCUT2D eigenvalue weighted by atomic mass is 10.0. The first-order chi connectivity index (χ1) is 13.2. The van der Waals surface area contributed by atoms with Gasteiger partial charge in [0.15, 0.2) is 5.69 Å². The first kappa shape index (κ1) is 16.9. The lowest BCUT2D eigenvalue weighted by Crippen LogP contribution is -2.35. The van der Waals surface area contributed by atoms with E-state index in [0.717, 1.165) is 56.2 Å². The molecule has 0 spiro atoms. The first-order valence-electron chi connectivity index (χ1n) is 10.1. The largest absolute Gasteiger partial charge is 0.360 e. The molecule has 0 aromatic carbocycles. The maximum Gasteiger partial charge on any atom is 0.276 e. The van der Waals surface area contributed by atoms with Gasteiger partial charge in [-0.2, -0.15) is 0 Å². The fourth-order valence-electron chi connectivity index (χ4n) is 4.31. The molecule has 5 rings (SSSR count). The van der Waals surface area contributed by atoms with Crippen molar-refractivity contribution >= 4 is 5.91 Å². The van der Waals surface area contributed by atoms with E-state index in [1.807, 2.05) is 11.0 Å². The zero-order valence-corrected chi connectivity index (χ0v) is 15.8. The molecule has 2 aromatic rings. The number of hydrogen-bond acceptors (Lipinski definition) is 6. The quantitative estimate of drug-likeness (QED) is 0.822. The highest BCUT2D eigenvalue weighted by Crippen LogP contribution is 2.40. The molecule has 2 aromatic heterocycles. The molecule has 0 N–H and O–H groups in total. The van der Waals surface area contributed by atoms with Crippen LogP contribution in [0, 0.1) is 0 Å². The van der Waals surface area contributed by atoms with Crippen molar-refractivity contribution in [2.24, 2.45) is 0 Å². The van der Waals surface area contributed by atoms with Crippen molar-refractivity contribution in [1.82, 2.24) is 29.7 Å². The van der Waals surface area contributed by atoms with Gasteiger partial charge in [0.1, 0.15) is 17.4 Å². The maximum atomic E-state index is 12.9. The average Bonchev–Trinajstić information content (AvgIpc) is 3.34. The number of carbonyl (C=O) groups is 1. The second-order valence-electron chi connectivity index (χ2n) is 8.05. The van der Waals surface area contributed by atoms with E-state index in [1.54, 1.807) is 0 Å². The summed E-state index contributed by atoms with van der Waals surface area (Å²) in [5.74, 6) is 3.32. The van der Waals surface area contributed by atoms with Crippen LogP contribution >= 0.6 is 0 Å². The summed E-state index contributed by atoms with van der Waals surface area (Å²) in [6.07, 6.45) is 6.61. The van der Waals surface area contributed by atoms with Gasteiger partial charge in [0.05, 0.1) is 6.04 Å². The molecule has 3 aliphatic rings. The Labute approximate surface area is 158 Å². The Bertz CT molecular complexity index is 839. The third-order valence-corrected chi connectivity index (χ3v) is 6.14. The lowest BCUT2D eigenvalue weighted by molar-refractivity contribution is 0.0747. The predicted molar refractivity (Wildman–Crippen MR) is 97.3 cm³/mol. The van der Waals surface area contributed by atoms with Crippen LogP contribution in [-0.4, -0.2) is 62.3 Å². The van der Waals surface area contributed by atoms with Gasteiger partial charge in [0, 0.05) is 38.0 Å². The Morgan fingerprint density at radius 2 is 2.00 bits per heavy atom. The molecule has 1 saturated carbocycles. The monoisotopic (exact) mass is 370 g/mol. The molecule has 0 unspecified atom stereocenters. The van der Waals surface area contributed by atoms with Crippen LogP contribution in [-0.2, 0) is 13.0 Å². The Balaban J connectivity index is 1.31. The summed E-state index contributed by atoms with van der Waals surface area (Å²) in [5, 5.41) is 13.0. The summed E-state index contributed by atoms with van der Waals surface area (Å²) in [5.41, 5.74) is 0.432. The Morgan fingerprint density at radius 1 is 1.11 bits per heavy atom. The Kier molecular flexibility index (Phi) is 4.22.